The monoisotopic (exact) mass is 393 g/mol. The number of nitrogens with one attached hydrogen (secondary N) is 1. The van der Waals surface area contributed by atoms with Crippen LogP contribution in [0.5, 0.6) is 0 Å². The van der Waals surface area contributed by atoms with Crippen LogP contribution in [0.4, 0.5) is 0 Å². The summed E-state index contributed by atoms with van der Waals surface area (Å²) in [5.74, 6) is 0.156. The van der Waals surface area contributed by atoms with Crippen LogP contribution >= 0.6 is 7.82 Å². The zero-order valence-corrected chi connectivity index (χ0v) is 17.3. The first-order valence-corrected chi connectivity index (χ1v) is 11.5. The average Bonchev–Trinajstić information content (AvgIpc) is 2.55. The van der Waals surface area contributed by atoms with E-state index in [2.05, 4.69) is 12.2 Å². The molecule has 7 nitrogen and oxygen atoms in total. The Kier molecular flexibility index (Phi) is 22.3. The summed E-state index contributed by atoms with van der Waals surface area (Å²) in [6.45, 7) is 3.41. The first kappa shape index (κ1) is 27.8. The second-order valence-corrected chi connectivity index (χ2v) is 7.47. The number of hydrogen-bond donors (Lipinski definition) is 2. The number of carbonyl (C=O) groups is 1. The quantitative estimate of drug-likeness (QED) is 0.302. The Morgan fingerprint density at radius 3 is 1.50 bits per heavy atom. The SMILES string of the molecule is CCCCCCCCCCCCCCCC(=O)NCCN.O=P([O-])([O-])[O-]. The molecule has 0 aliphatic carbocycles. The Balaban J connectivity index is 0. The van der Waals surface area contributed by atoms with Gasteiger partial charge in [0.15, 0.2) is 0 Å². The third-order valence-electron chi connectivity index (χ3n) is 3.97. The van der Waals surface area contributed by atoms with Crippen LogP contribution in [0.15, 0.2) is 0 Å². The predicted molar refractivity (Wildman–Crippen MR) is 100.0 cm³/mol. The van der Waals surface area contributed by atoms with Crippen LogP contribution in [0, 0.1) is 0 Å². The van der Waals surface area contributed by atoms with Crippen molar-refractivity contribution in [3.8, 4) is 0 Å². The molecular formula is C18H38N2O5P-3. The summed E-state index contributed by atoms with van der Waals surface area (Å²) >= 11 is 0. The van der Waals surface area contributed by atoms with Crippen molar-refractivity contribution < 1.29 is 24.0 Å². The summed E-state index contributed by atoms with van der Waals surface area (Å²) in [7, 11) is -5.39. The normalized spacial score (nSPS) is 11.0. The van der Waals surface area contributed by atoms with E-state index in [0.29, 0.717) is 19.5 Å². The highest BCUT2D eigenvalue weighted by molar-refractivity contribution is 7.40. The van der Waals surface area contributed by atoms with Gasteiger partial charge in [0, 0.05) is 19.5 Å². The van der Waals surface area contributed by atoms with Gasteiger partial charge in [0.05, 0.1) is 0 Å². The smallest absolute Gasteiger partial charge is 0.220 e. The van der Waals surface area contributed by atoms with E-state index in [1.54, 1.807) is 0 Å². The fraction of sp³-hybridized carbons (Fsp3) is 0.944. The van der Waals surface area contributed by atoms with Crippen LogP contribution in [0.3, 0.4) is 0 Å². The van der Waals surface area contributed by atoms with Gasteiger partial charge in [-0.3, -0.25) is 4.79 Å². The third kappa shape index (κ3) is 34.8. The molecule has 0 heterocycles. The lowest BCUT2D eigenvalue weighted by Crippen LogP contribution is -2.28. The van der Waals surface area contributed by atoms with Gasteiger partial charge in [0.2, 0.25) is 5.91 Å². The van der Waals surface area contributed by atoms with Gasteiger partial charge in [0.1, 0.15) is 0 Å². The molecule has 8 heteroatoms. The van der Waals surface area contributed by atoms with Crippen molar-refractivity contribution in [3.05, 3.63) is 0 Å². The molecule has 0 aromatic rings. The molecular weight excluding hydrogens is 355 g/mol. The summed E-state index contributed by atoms with van der Waals surface area (Å²) in [5.41, 5.74) is 5.34. The molecule has 3 N–H and O–H groups in total. The summed E-state index contributed by atoms with van der Waals surface area (Å²) in [4.78, 5) is 37.0. The molecule has 0 saturated carbocycles. The van der Waals surface area contributed by atoms with E-state index in [1.807, 2.05) is 0 Å². The van der Waals surface area contributed by atoms with Crippen molar-refractivity contribution in [2.24, 2.45) is 5.73 Å². The van der Waals surface area contributed by atoms with Gasteiger partial charge in [-0.15, -0.1) is 0 Å². The topological polar surface area (TPSA) is 141 Å². The zero-order chi connectivity index (χ0) is 20.1. The summed E-state index contributed by atoms with van der Waals surface area (Å²) in [6.07, 6.45) is 18.1. The van der Waals surface area contributed by atoms with Gasteiger partial charge in [0.25, 0.3) is 0 Å². The molecule has 0 radical (unpaired) electrons. The number of phosphoric acid groups is 1. The minimum Gasteiger partial charge on any atom is -0.822 e. The second kappa shape index (κ2) is 20.8. The first-order chi connectivity index (χ1) is 12.3. The van der Waals surface area contributed by atoms with E-state index in [1.165, 1.54) is 77.0 Å². The lowest BCUT2D eigenvalue weighted by molar-refractivity contribution is -0.432. The van der Waals surface area contributed by atoms with Crippen LogP contribution in [0.25, 0.3) is 0 Å². The van der Waals surface area contributed by atoms with Crippen molar-refractivity contribution in [3.63, 3.8) is 0 Å². The Bertz CT molecular complexity index is 342. The minimum atomic E-state index is -5.39. The highest BCUT2D eigenvalue weighted by atomic mass is 31.2. The summed E-state index contributed by atoms with van der Waals surface area (Å²) < 4.78 is 8.55. The van der Waals surface area contributed by atoms with E-state index in [-0.39, 0.29) is 5.91 Å². The van der Waals surface area contributed by atoms with Crippen LogP contribution in [-0.4, -0.2) is 19.0 Å². The molecule has 0 aromatic heterocycles. The van der Waals surface area contributed by atoms with E-state index in [0.717, 1.165) is 6.42 Å². The second-order valence-electron chi connectivity index (χ2n) is 6.58. The molecule has 0 spiro atoms. The molecule has 0 aliphatic rings. The van der Waals surface area contributed by atoms with Crippen LogP contribution in [-0.2, 0) is 9.36 Å². The Labute approximate surface area is 159 Å². The summed E-state index contributed by atoms with van der Waals surface area (Å²) in [6, 6.07) is 0. The van der Waals surface area contributed by atoms with E-state index < -0.39 is 7.82 Å². The fourth-order valence-electron chi connectivity index (χ4n) is 2.60. The maximum Gasteiger partial charge on any atom is 0.220 e. The number of nitrogens with two attached hydrogens (primary N) is 1. The van der Waals surface area contributed by atoms with E-state index >= 15 is 0 Å². The van der Waals surface area contributed by atoms with Gasteiger partial charge in [-0.05, 0) is 6.42 Å². The fourth-order valence-corrected chi connectivity index (χ4v) is 2.60. The average molecular weight is 393 g/mol. The Hall–Kier alpha value is -0.460. The molecule has 0 saturated heterocycles. The molecule has 0 unspecified atom stereocenters. The largest absolute Gasteiger partial charge is 0.822 e. The molecule has 0 bridgehead atoms. The third-order valence-corrected chi connectivity index (χ3v) is 3.97. The first-order valence-electron chi connectivity index (χ1n) is 10.0. The molecule has 26 heavy (non-hydrogen) atoms. The molecule has 0 aromatic carbocycles. The standard InChI is InChI=1S/C18H38N2O.H3O4P/c1-2-3-4-5-6-7-8-9-10-11-12-13-14-15-18(21)20-17-16-19;1-5(2,3)4/h2-17,19H2,1H3,(H,20,21);(H3,1,2,3,4)/p-3. The van der Waals surface area contributed by atoms with Gasteiger partial charge < -0.3 is 30.3 Å². The van der Waals surface area contributed by atoms with Crippen molar-refractivity contribution in [1.82, 2.24) is 5.32 Å². The molecule has 0 rings (SSSR count). The lowest BCUT2D eigenvalue weighted by Gasteiger charge is -2.36. The number of unbranched alkanes of at least 4 members (excludes halogenated alkanes) is 12. The number of rotatable bonds is 16. The van der Waals surface area contributed by atoms with Gasteiger partial charge in [-0.1, -0.05) is 84.0 Å². The highest BCUT2D eigenvalue weighted by Gasteiger charge is 1.99. The van der Waals surface area contributed by atoms with Crippen LogP contribution < -0.4 is 25.7 Å². The van der Waals surface area contributed by atoms with Crippen LogP contribution in [0.1, 0.15) is 96.8 Å². The molecule has 0 fully saturated rings. The lowest BCUT2D eigenvalue weighted by atomic mass is 10.0. The van der Waals surface area contributed by atoms with Crippen molar-refractivity contribution in [1.29, 1.82) is 0 Å². The number of carbonyl (C=O) groups excluding carboxylic acids is 1. The highest BCUT2D eigenvalue weighted by Crippen LogP contribution is 2.12. The van der Waals surface area contributed by atoms with Gasteiger partial charge in [-0.25, -0.2) is 0 Å². The number of amides is 1. The predicted octanol–water partition coefficient (Wildman–Crippen LogP) is 1.72. The van der Waals surface area contributed by atoms with Crippen molar-refractivity contribution >= 4 is 13.7 Å². The van der Waals surface area contributed by atoms with Gasteiger partial charge >= 0.3 is 0 Å². The Morgan fingerprint density at radius 1 is 0.808 bits per heavy atom. The molecule has 0 aliphatic heterocycles. The summed E-state index contributed by atoms with van der Waals surface area (Å²) in [5, 5.41) is 2.81. The molecule has 158 valence electrons. The molecule has 0 atom stereocenters. The van der Waals surface area contributed by atoms with E-state index in [4.69, 9.17) is 25.0 Å². The maximum absolute atomic E-state index is 11.3. The van der Waals surface area contributed by atoms with E-state index in [9.17, 15) is 4.79 Å². The Morgan fingerprint density at radius 2 is 1.15 bits per heavy atom. The van der Waals surface area contributed by atoms with Crippen molar-refractivity contribution in [2.75, 3.05) is 13.1 Å². The van der Waals surface area contributed by atoms with Gasteiger partial charge in [-0.2, -0.15) is 7.82 Å². The minimum absolute atomic E-state index is 0.156. The number of hydrogen-bond acceptors (Lipinski definition) is 6. The maximum atomic E-state index is 11.3. The zero-order valence-electron chi connectivity index (χ0n) is 16.4. The van der Waals surface area contributed by atoms with Crippen molar-refractivity contribution in [2.45, 2.75) is 96.8 Å². The van der Waals surface area contributed by atoms with Crippen LogP contribution in [0.2, 0.25) is 0 Å². The molecule has 1 amide bonds.